The number of hydrogen-bond acceptors (Lipinski definition) is 6. The van der Waals surface area contributed by atoms with Gasteiger partial charge >= 0.3 is 5.97 Å². The van der Waals surface area contributed by atoms with Crippen LogP contribution in [0.1, 0.15) is 43.0 Å². The summed E-state index contributed by atoms with van der Waals surface area (Å²) < 4.78 is 6.03. The minimum Gasteiger partial charge on any atom is -0.456 e. The van der Waals surface area contributed by atoms with E-state index in [0.29, 0.717) is 18.4 Å². The Labute approximate surface area is 193 Å². The van der Waals surface area contributed by atoms with Gasteiger partial charge in [-0.05, 0) is 61.1 Å². The summed E-state index contributed by atoms with van der Waals surface area (Å²) in [6.45, 7) is 7.14. The highest BCUT2D eigenvalue weighted by Crippen LogP contribution is 2.88. The Morgan fingerprint density at radius 1 is 1.15 bits per heavy atom. The Balaban J connectivity index is 1.27. The Morgan fingerprint density at radius 2 is 1.91 bits per heavy atom. The molecule has 174 valence electrons. The fraction of sp³-hybridized carbons (Fsp3) is 0.667. The molecule has 0 amide bonds. The molecule has 2 spiro atoms. The third-order valence-electron chi connectivity index (χ3n) is 11.9. The number of carbonyl (C=O) groups is 1. The molecule has 1 aromatic carbocycles. The van der Waals surface area contributed by atoms with Crippen LogP contribution >= 0.6 is 0 Å². The van der Waals surface area contributed by atoms with Crippen molar-refractivity contribution in [3.05, 3.63) is 48.0 Å². The largest absolute Gasteiger partial charge is 0.456 e. The lowest BCUT2D eigenvalue weighted by Gasteiger charge is -2.69. The summed E-state index contributed by atoms with van der Waals surface area (Å²) in [5, 5.41) is 35.8. The van der Waals surface area contributed by atoms with Crippen molar-refractivity contribution >= 4 is 5.97 Å². The van der Waals surface area contributed by atoms with E-state index < -0.39 is 46.1 Å². The number of benzene rings is 1. The molecule has 3 N–H and O–H groups in total. The van der Waals surface area contributed by atoms with Crippen LogP contribution in [0.5, 0.6) is 0 Å². The first-order valence-electron chi connectivity index (χ1n) is 12.5. The van der Waals surface area contributed by atoms with Crippen LogP contribution in [0.25, 0.3) is 0 Å². The van der Waals surface area contributed by atoms with Crippen molar-refractivity contribution in [1.29, 1.82) is 0 Å². The summed E-state index contributed by atoms with van der Waals surface area (Å²) in [5.74, 6) is 0.0952. The van der Waals surface area contributed by atoms with Crippen molar-refractivity contribution in [2.75, 3.05) is 6.54 Å². The lowest BCUT2D eigenvalue weighted by molar-refractivity contribution is -0.288. The first-order valence-corrected chi connectivity index (χ1v) is 12.5. The smallest absolute Gasteiger partial charge is 0.338 e. The molecule has 6 nitrogen and oxygen atoms in total. The van der Waals surface area contributed by atoms with Crippen LogP contribution in [0.3, 0.4) is 0 Å². The molecule has 33 heavy (non-hydrogen) atoms. The average molecular weight is 450 g/mol. The lowest BCUT2D eigenvalue weighted by Crippen LogP contribution is -2.75. The highest BCUT2D eigenvalue weighted by atomic mass is 16.6. The van der Waals surface area contributed by atoms with Gasteiger partial charge in [0.1, 0.15) is 6.10 Å². The fourth-order valence-electron chi connectivity index (χ4n) is 11.3. The standard InChI is InChI=1S/C27H31NO5/c1-13-15-8-16-20-26-11-18(33-23(31)14-6-4-3-5-7-14)22(30)24(2)12-28(20)17(19(24)26)10-25(16,21(13)29)27(26,32)9-15/h3-7,15-22,29-30,32H,1,8-12H2,2H3/t15-,16?,17+,18+,19+,20?,21-,22-,24-,25?,26?,27-/m0/s1. The average Bonchev–Trinajstić information content (AvgIpc) is 3.21. The van der Waals surface area contributed by atoms with Gasteiger partial charge in [0.15, 0.2) is 0 Å². The van der Waals surface area contributed by atoms with Crippen LogP contribution in [0, 0.1) is 34.0 Å². The van der Waals surface area contributed by atoms with Gasteiger partial charge in [-0.3, -0.25) is 4.90 Å². The topological polar surface area (TPSA) is 90.2 Å². The first kappa shape index (κ1) is 19.6. The molecule has 3 saturated heterocycles. The minimum absolute atomic E-state index is 0.137. The van der Waals surface area contributed by atoms with Crippen LogP contribution in [0.4, 0.5) is 0 Å². The maximum absolute atomic E-state index is 13.0. The molecule has 9 bridgehead atoms. The van der Waals surface area contributed by atoms with Gasteiger partial charge in [-0.25, -0.2) is 4.79 Å². The van der Waals surface area contributed by atoms with Gasteiger partial charge in [0, 0.05) is 34.9 Å². The second-order valence-corrected chi connectivity index (χ2v) is 12.5. The Morgan fingerprint density at radius 3 is 2.67 bits per heavy atom. The lowest BCUT2D eigenvalue weighted by atomic mass is 9.37. The van der Waals surface area contributed by atoms with Gasteiger partial charge in [-0.2, -0.15) is 0 Å². The van der Waals surface area contributed by atoms with E-state index in [1.54, 1.807) is 24.3 Å². The van der Waals surface area contributed by atoms with Crippen molar-refractivity contribution in [2.45, 2.75) is 68.6 Å². The zero-order chi connectivity index (χ0) is 22.7. The number of nitrogens with zero attached hydrogens (tertiary/aromatic N) is 1. The molecule has 3 heterocycles. The third kappa shape index (κ3) is 1.67. The second-order valence-electron chi connectivity index (χ2n) is 12.5. The van der Waals surface area contributed by atoms with E-state index in [1.165, 1.54) is 0 Å². The highest BCUT2D eigenvalue weighted by Gasteiger charge is 2.94. The molecule has 0 radical (unpaired) electrons. The van der Waals surface area contributed by atoms with Crippen LogP contribution in [-0.4, -0.2) is 68.7 Å². The number of ether oxygens (including phenoxy) is 1. The summed E-state index contributed by atoms with van der Waals surface area (Å²) in [4.78, 5) is 15.6. The van der Waals surface area contributed by atoms with E-state index in [9.17, 15) is 20.1 Å². The first-order chi connectivity index (χ1) is 15.7. The maximum Gasteiger partial charge on any atom is 0.338 e. The molecule has 1 aromatic rings. The van der Waals surface area contributed by atoms with Crippen molar-refractivity contribution < 1.29 is 24.9 Å². The van der Waals surface area contributed by atoms with E-state index in [2.05, 4.69) is 18.4 Å². The van der Waals surface area contributed by atoms with Crippen molar-refractivity contribution in [1.82, 2.24) is 4.90 Å². The van der Waals surface area contributed by atoms with Gasteiger partial charge in [-0.1, -0.05) is 31.7 Å². The maximum atomic E-state index is 13.0. The monoisotopic (exact) mass is 449 g/mol. The number of fused-ring (bicyclic) bond motifs is 1. The van der Waals surface area contributed by atoms with Crippen molar-refractivity contribution in [2.24, 2.45) is 34.0 Å². The minimum atomic E-state index is -1.02. The summed E-state index contributed by atoms with van der Waals surface area (Å²) in [6, 6.07) is 9.37. The number of rotatable bonds is 2. The fourth-order valence-corrected chi connectivity index (χ4v) is 11.3. The molecular formula is C27H31NO5. The normalized spacial score (nSPS) is 60.5. The van der Waals surface area contributed by atoms with Gasteiger partial charge in [0.05, 0.1) is 23.4 Å². The van der Waals surface area contributed by atoms with Crippen LogP contribution < -0.4 is 0 Å². The zero-order valence-corrected chi connectivity index (χ0v) is 18.9. The van der Waals surface area contributed by atoms with E-state index in [4.69, 9.17) is 4.74 Å². The molecular weight excluding hydrogens is 418 g/mol. The Bertz CT molecular complexity index is 1120. The molecule has 5 unspecified atom stereocenters. The number of carbonyl (C=O) groups excluding carboxylic acids is 1. The molecule has 9 fully saturated rings. The van der Waals surface area contributed by atoms with Crippen LogP contribution in [-0.2, 0) is 4.74 Å². The quantitative estimate of drug-likeness (QED) is 0.471. The van der Waals surface area contributed by atoms with E-state index in [1.807, 2.05) is 6.07 Å². The van der Waals surface area contributed by atoms with E-state index in [0.717, 1.165) is 25.0 Å². The number of esters is 1. The molecule has 6 heteroatoms. The Hall–Kier alpha value is -1.73. The molecule has 3 aliphatic heterocycles. The predicted molar refractivity (Wildman–Crippen MR) is 118 cm³/mol. The van der Waals surface area contributed by atoms with Gasteiger partial charge < -0.3 is 20.1 Å². The molecule has 9 aliphatic rings. The van der Waals surface area contributed by atoms with E-state index >= 15 is 0 Å². The predicted octanol–water partition coefficient (Wildman–Crippen LogP) is 1.74. The molecule has 10 rings (SSSR count). The number of piperidine rings is 2. The van der Waals surface area contributed by atoms with Crippen molar-refractivity contribution in [3.63, 3.8) is 0 Å². The van der Waals surface area contributed by atoms with Crippen LogP contribution in [0.15, 0.2) is 42.5 Å². The third-order valence-corrected chi connectivity index (χ3v) is 11.9. The molecule has 13 atom stereocenters. The number of aliphatic hydroxyl groups is 3. The van der Waals surface area contributed by atoms with Crippen LogP contribution in [0.2, 0.25) is 0 Å². The molecule has 6 aliphatic carbocycles. The van der Waals surface area contributed by atoms with Gasteiger partial charge in [0.25, 0.3) is 0 Å². The zero-order valence-electron chi connectivity index (χ0n) is 18.9. The van der Waals surface area contributed by atoms with Crippen molar-refractivity contribution in [3.8, 4) is 0 Å². The summed E-state index contributed by atoms with van der Waals surface area (Å²) in [5.41, 5.74) is -1.11. The Kier molecular flexibility index (Phi) is 3.20. The van der Waals surface area contributed by atoms with E-state index in [-0.39, 0.29) is 29.8 Å². The summed E-state index contributed by atoms with van der Waals surface area (Å²) >= 11 is 0. The summed E-state index contributed by atoms with van der Waals surface area (Å²) in [6.07, 6.45) is 0.747. The molecule has 0 aromatic heterocycles. The number of hydrogen-bond donors (Lipinski definition) is 3. The van der Waals surface area contributed by atoms with Gasteiger partial charge in [0.2, 0.25) is 0 Å². The second kappa shape index (κ2) is 5.40. The SMILES string of the molecule is C=C1[C@H]2CC3C4N5C[C@]6(C)[C@@H](O)[C@H](OC(=O)c7ccccc7)CC47[C@@H]6[C@H]5CC3([C@H]1O)[C@@]7(O)C2. The highest BCUT2D eigenvalue weighted by molar-refractivity contribution is 5.89. The van der Waals surface area contributed by atoms with Gasteiger partial charge in [-0.15, -0.1) is 0 Å². The summed E-state index contributed by atoms with van der Waals surface area (Å²) in [7, 11) is 0. The molecule has 6 saturated carbocycles. The number of aliphatic hydroxyl groups excluding tert-OH is 2.